The third kappa shape index (κ3) is 4.30. The van der Waals surface area contributed by atoms with Crippen molar-refractivity contribution in [2.75, 3.05) is 36.4 Å². The van der Waals surface area contributed by atoms with Crippen LogP contribution in [0.3, 0.4) is 0 Å². The van der Waals surface area contributed by atoms with Crippen molar-refractivity contribution in [2.45, 2.75) is 33.0 Å². The van der Waals surface area contributed by atoms with E-state index in [0.29, 0.717) is 11.4 Å². The number of benzene rings is 1. The number of pyridine rings is 2. The van der Waals surface area contributed by atoms with Gasteiger partial charge in [-0.05, 0) is 49.6 Å². The molecule has 5 nitrogen and oxygen atoms in total. The Bertz CT molecular complexity index is 1090. The topological polar surface area (TPSA) is 53.1 Å². The largest absolute Gasteiger partial charge is 0.416 e. The molecule has 1 aliphatic heterocycles. The molecule has 0 amide bonds. The average molecular weight is 429 g/mol. The first-order valence-electron chi connectivity index (χ1n) is 10.4. The molecule has 1 atom stereocenters. The zero-order valence-electron chi connectivity index (χ0n) is 17.8. The van der Waals surface area contributed by atoms with E-state index in [2.05, 4.69) is 25.5 Å². The molecule has 0 aliphatic carbocycles. The van der Waals surface area contributed by atoms with Gasteiger partial charge >= 0.3 is 6.18 Å². The van der Waals surface area contributed by atoms with Gasteiger partial charge in [0.1, 0.15) is 11.6 Å². The summed E-state index contributed by atoms with van der Waals surface area (Å²) in [6.07, 6.45) is -0.754. The highest BCUT2D eigenvalue weighted by Crippen LogP contribution is 2.36. The average Bonchev–Trinajstić information content (AvgIpc) is 2.75. The van der Waals surface area contributed by atoms with Gasteiger partial charge < -0.3 is 15.5 Å². The Labute approximate surface area is 179 Å². The van der Waals surface area contributed by atoms with E-state index in [9.17, 15) is 13.2 Å². The molecular formula is C23H26F3N5. The summed E-state index contributed by atoms with van der Waals surface area (Å²) in [6.45, 7) is 8.91. The number of fused-ring (bicyclic) bond motifs is 1. The van der Waals surface area contributed by atoms with Crippen molar-refractivity contribution in [3.05, 3.63) is 58.9 Å². The fraction of sp³-hybridized carbons (Fsp3) is 0.391. The predicted molar refractivity (Wildman–Crippen MR) is 118 cm³/mol. The lowest BCUT2D eigenvalue weighted by Crippen LogP contribution is -2.43. The van der Waals surface area contributed by atoms with Gasteiger partial charge in [-0.15, -0.1) is 0 Å². The van der Waals surface area contributed by atoms with Gasteiger partial charge in [-0.3, -0.25) is 0 Å². The summed E-state index contributed by atoms with van der Waals surface area (Å²) < 4.78 is 40.0. The van der Waals surface area contributed by atoms with E-state index in [-0.39, 0.29) is 11.6 Å². The number of piperazine rings is 1. The minimum Gasteiger partial charge on any atom is -0.363 e. The molecule has 0 spiro atoms. The highest BCUT2D eigenvalue weighted by atomic mass is 19.4. The normalized spacial score (nSPS) is 15.9. The van der Waals surface area contributed by atoms with E-state index < -0.39 is 11.7 Å². The molecule has 1 saturated heterocycles. The quantitative estimate of drug-likeness (QED) is 0.621. The zero-order valence-corrected chi connectivity index (χ0v) is 17.8. The van der Waals surface area contributed by atoms with Crippen molar-refractivity contribution in [3.63, 3.8) is 0 Å². The number of alkyl halides is 3. The van der Waals surface area contributed by atoms with E-state index >= 15 is 0 Å². The van der Waals surface area contributed by atoms with E-state index in [1.807, 2.05) is 26.1 Å². The lowest BCUT2D eigenvalue weighted by atomic mass is 9.97. The van der Waals surface area contributed by atoms with Crippen LogP contribution in [0.5, 0.6) is 0 Å². The molecule has 164 valence electrons. The number of rotatable bonds is 4. The smallest absolute Gasteiger partial charge is 0.363 e. The summed E-state index contributed by atoms with van der Waals surface area (Å²) >= 11 is 0. The molecule has 0 bridgehead atoms. The van der Waals surface area contributed by atoms with Crippen molar-refractivity contribution in [1.29, 1.82) is 0 Å². The van der Waals surface area contributed by atoms with Crippen LogP contribution < -0.4 is 15.5 Å². The monoisotopic (exact) mass is 429 g/mol. The summed E-state index contributed by atoms with van der Waals surface area (Å²) in [5.74, 6) is 1.52. The third-order valence-electron chi connectivity index (χ3n) is 5.90. The highest BCUT2D eigenvalue weighted by molar-refractivity contribution is 5.95. The Balaban J connectivity index is 1.70. The first-order chi connectivity index (χ1) is 14.8. The van der Waals surface area contributed by atoms with E-state index in [4.69, 9.17) is 0 Å². The van der Waals surface area contributed by atoms with Crippen LogP contribution in [0.15, 0.2) is 36.7 Å². The maximum absolute atomic E-state index is 13.3. The van der Waals surface area contributed by atoms with Gasteiger partial charge in [-0.2, -0.15) is 13.2 Å². The summed E-state index contributed by atoms with van der Waals surface area (Å²) in [7, 11) is 0. The Morgan fingerprint density at radius 3 is 2.52 bits per heavy atom. The molecule has 1 fully saturated rings. The van der Waals surface area contributed by atoms with Gasteiger partial charge in [-0.25, -0.2) is 9.97 Å². The van der Waals surface area contributed by atoms with Crippen molar-refractivity contribution >= 4 is 22.4 Å². The molecule has 3 aromatic rings. The standard InChI is InChI=1S/C23H26F3N5/c1-14-12-29-22(18-11-21(28-13-19(14)18)31-9-7-27-8-10-31)30-16(3)17-5-4-6-20(15(17)2)23(24,25)26/h4-6,11-13,16,27H,7-10H2,1-3H3,(H,29,30)/t16-/m1/s1. The molecular weight excluding hydrogens is 403 g/mol. The van der Waals surface area contributed by atoms with Crippen LogP contribution in [0.25, 0.3) is 10.8 Å². The SMILES string of the molecule is Cc1c([C@@H](C)Nc2ncc(C)c3cnc(N4CCNCC4)cc23)cccc1C(F)(F)F. The summed E-state index contributed by atoms with van der Waals surface area (Å²) in [4.78, 5) is 11.4. The van der Waals surface area contributed by atoms with E-state index in [1.165, 1.54) is 13.0 Å². The predicted octanol–water partition coefficient (Wildman–Crippen LogP) is 4.85. The molecule has 2 aromatic heterocycles. The van der Waals surface area contributed by atoms with Crippen molar-refractivity contribution in [1.82, 2.24) is 15.3 Å². The van der Waals surface area contributed by atoms with Crippen LogP contribution in [-0.4, -0.2) is 36.1 Å². The summed E-state index contributed by atoms with van der Waals surface area (Å²) in [5.41, 5.74) is 1.23. The number of hydrogen-bond donors (Lipinski definition) is 2. The molecule has 3 heterocycles. The molecule has 1 aliphatic rings. The molecule has 0 saturated carbocycles. The first-order valence-corrected chi connectivity index (χ1v) is 10.4. The van der Waals surface area contributed by atoms with Crippen molar-refractivity contribution < 1.29 is 13.2 Å². The van der Waals surface area contributed by atoms with Crippen LogP contribution in [0.4, 0.5) is 24.8 Å². The molecule has 8 heteroatoms. The van der Waals surface area contributed by atoms with Crippen LogP contribution in [-0.2, 0) is 6.18 Å². The number of nitrogens with one attached hydrogen (secondary N) is 2. The Hall–Kier alpha value is -2.87. The summed E-state index contributed by atoms with van der Waals surface area (Å²) in [6, 6.07) is 5.98. The van der Waals surface area contributed by atoms with Crippen LogP contribution in [0, 0.1) is 13.8 Å². The first kappa shape index (κ1) is 21.4. The summed E-state index contributed by atoms with van der Waals surface area (Å²) in [5, 5.41) is 8.57. The van der Waals surface area contributed by atoms with Gasteiger partial charge in [0.05, 0.1) is 11.6 Å². The molecule has 0 unspecified atom stereocenters. The van der Waals surface area contributed by atoms with Crippen molar-refractivity contribution in [2.24, 2.45) is 0 Å². The second kappa shape index (κ2) is 8.34. The second-order valence-corrected chi connectivity index (χ2v) is 8.00. The molecule has 0 radical (unpaired) electrons. The molecule has 4 rings (SSSR count). The van der Waals surface area contributed by atoms with Crippen molar-refractivity contribution in [3.8, 4) is 0 Å². The van der Waals surface area contributed by atoms with Gasteiger partial charge in [0, 0.05) is 49.3 Å². The number of aryl methyl sites for hydroxylation is 1. The number of aromatic nitrogens is 2. The van der Waals surface area contributed by atoms with Gasteiger partial charge in [-0.1, -0.05) is 12.1 Å². The second-order valence-electron chi connectivity index (χ2n) is 8.00. The Morgan fingerprint density at radius 1 is 1.06 bits per heavy atom. The minimum absolute atomic E-state index is 0.231. The van der Waals surface area contributed by atoms with Crippen LogP contribution in [0.2, 0.25) is 0 Å². The van der Waals surface area contributed by atoms with Gasteiger partial charge in [0.2, 0.25) is 0 Å². The highest BCUT2D eigenvalue weighted by Gasteiger charge is 2.33. The molecule has 1 aromatic carbocycles. The third-order valence-corrected chi connectivity index (χ3v) is 5.90. The molecule has 31 heavy (non-hydrogen) atoms. The maximum atomic E-state index is 13.3. The van der Waals surface area contributed by atoms with E-state index in [1.54, 1.807) is 12.3 Å². The Morgan fingerprint density at radius 2 is 1.81 bits per heavy atom. The number of anilines is 2. The van der Waals surface area contributed by atoms with Crippen LogP contribution in [0.1, 0.15) is 35.2 Å². The van der Waals surface area contributed by atoms with Gasteiger partial charge in [0.25, 0.3) is 0 Å². The van der Waals surface area contributed by atoms with E-state index in [0.717, 1.165) is 54.4 Å². The number of nitrogens with zero attached hydrogens (tertiary/aromatic N) is 3. The van der Waals surface area contributed by atoms with Crippen LogP contribution >= 0.6 is 0 Å². The lowest BCUT2D eigenvalue weighted by molar-refractivity contribution is -0.138. The maximum Gasteiger partial charge on any atom is 0.416 e. The number of halogens is 3. The van der Waals surface area contributed by atoms with Gasteiger partial charge in [0.15, 0.2) is 0 Å². The minimum atomic E-state index is -4.38. The Kier molecular flexibility index (Phi) is 5.75. The fourth-order valence-electron chi connectivity index (χ4n) is 4.15. The molecule has 2 N–H and O–H groups in total. The fourth-order valence-corrected chi connectivity index (χ4v) is 4.15. The zero-order chi connectivity index (χ0) is 22.2. The number of hydrogen-bond acceptors (Lipinski definition) is 5. The lowest BCUT2D eigenvalue weighted by Gasteiger charge is -2.28.